The predicted octanol–water partition coefficient (Wildman–Crippen LogP) is 5.08. The summed E-state index contributed by atoms with van der Waals surface area (Å²) in [4.78, 5) is 18.0. The zero-order valence-corrected chi connectivity index (χ0v) is 20.3. The second kappa shape index (κ2) is 10.2. The minimum absolute atomic E-state index is 0.00703. The molecular formula is C28H28F2N2O4. The lowest BCUT2D eigenvalue weighted by Gasteiger charge is -2.28. The molecule has 2 aromatic heterocycles. The number of carbonyl (C=O) groups is 1. The van der Waals surface area contributed by atoms with Crippen LogP contribution in [0.4, 0.5) is 8.78 Å². The van der Waals surface area contributed by atoms with Gasteiger partial charge in [-0.1, -0.05) is 37.3 Å². The molecule has 36 heavy (non-hydrogen) atoms. The number of aliphatic hydroxyl groups excluding tert-OH is 2. The van der Waals surface area contributed by atoms with E-state index in [4.69, 9.17) is 4.74 Å². The van der Waals surface area contributed by atoms with Crippen LogP contribution in [0.15, 0.2) is 60.8 Å². The maximum Gasteiger partial charge on any atom is 0.182 e. The molecule has 0 bridgehead atoms. The number of nitrogens with zero attached hydrogens (tertiary/aromatic N) is 2. The first-order valence-corrected chi connectivity index (χ1v) is 11.6. The molecule has 0 saturated carbocycles. The van der Waals surface area contributed by atoms with Crippen LogP contribution in [-0.4, -0.2) is 32.0 Å². The van der Waals surface area contributed by atoms with E-state index in [0.29, 0.717) is 22.6 Å². The molecule has 8 heteroatoms. The van der Waals surface area contributed by atoms with Crippen LogP contribution in [-0.2, 0) is 12.0 Å². The summed E-state index contributed by atoms with van der Waals surface area (Å²) in [6.07, 6.45) is 0.983. The Kier molecular flexibility index (Phi) is 7.19. The number of hydrogen-bond donors (Lipinski definition) is 2. The van der Waals surface area contributed by atoms with Gasteiger partial charge in [-0.25, -0.2) is 13.8 Å². The molecular weight excluding hydrogens is 466 g/mol. The van der Waals surface area contributed by atoms with Crippen LogP contribution in [0.1, 0.15) is 59.2 Å². The van der Waals surface area contributed by atoms with E-state index in [0.717, 1.165) is 17.7 Å². The number of aliphatic hydroxyl groups is 2. The monoisotopic (exact) mass is 494 g/mol. The van der Waals surface area contributed by atoms with Gasteiger partial charge >= 0.3 is 0 Å². The zero-order chi connectivity index (χ0) is 26.0. The van der Waals surface area contributed by atoms with Gasteiger partial charge in [-0.2, -0.15) is 0 Å². The fourth-order valence-corrected chi connectivity index (χ4v) is 4.29. The van der Waals surface area contributed by atoms with Crippen molar-refractivity contribution in [2.75, 3.05) is 6.61 Å². The van der Waals surface area contributed by atoms with Crippen molar-refractivity contribution < 1.29 is 28.5 Å². The van der Waals surface area contributed by atoms with E-state index in [1.807, 2.05) is 6.07 Å². The summed E-state index contributed by atoms with van der Waals surface area (Å²) in [6, 6.07) is 14.1. The van der Waals surface area contributed by atoms with Gasteiger partial charge in [-0.3, -0.25) is 9.20 Å². The third-order valence-electron chi connectivity index (χ3n) is 6.45. The number of pyridine rings is 1. The summed E-state index contributed by atoms with van der Waals surface area (Å²) in [5.74, 6) is -1.38. The van der Waals surface area contributed by atoms with E-state index in [-0.39, 0.29) is 36.7 Å². The molecule has 2 atom stereocenters. The number of Topliss-reactive ketones (excluding diaryl/α,β-unsaturated/α-hetero) is 1. The van der Waals surface area contributed by atoms with Gasteiger partial charge in [0.15, 0.2) is 17.2 Å². The number of aryl methyl sites for hydroxylation is 1. The zero-order valence-electron chi connectivity index (χ0n) is 20.3. The molecule has 0 aliphatic carbocycles. The van der Waals surface area contributed by atoms with E-state index in [1.54, 1.807) is 61.7 Å². The highest BCUT2D eigenvalue weighted by Gasteiger charge is 2.32. The molecule has 4 rings (SSSR count). The summed E-state index contributed by atoms with van der Waals surface area (Å²) in [5.41, 5.74) is 1.48. The molecule has 0 aliphatic heterocycles. The Labute approximate surface area is 207 Å². The van der Waals surface area contributed by atoms with Crippen molar-refractivity contribution in [3.05, 3.63) is 101 Å². The SMILES string of the molecule is Cc1nc2c(OCc3c(F)cccc3F)cccn2c1C(=O)CC(C)(CO)c1cccc([C@@H](C)O)c1. The number of ketones is 1. The van der Waals surface area contributed by atoms with E-state index >= 15 is 0 Å². The number of hydrogen-bond acceptors (Lipinski definition) is 5. The lowest BCUT2D eigenvalue weighted by atomic mass is 9.77. The van der Waals surface area contributed by atoms with Crippen molar-refractivity contribution in [3.63, 3.8) is 0 Å². The van der Waals surface area contributed by atoms with Crippen LogP contribution in [0.25, 0.3) is 5.65 Å². The Morgan fingerprint density at radius 3 is 2.50 bits per heavy atom. The number of benzene rings is 2. The van der Waals surface area contributed by atoms with Crippen LogP contribution >= 0.6 is 0 Å². The Morgan fingerprint density at radius 2 is 1.83 bits per heavy atom. The predicted molar refractivity (Wildman–Crippen MR) is 131 cm³/mol. The van der Waals surface area contributed by atoms with Crippen LogP contribution in [0, 0.1) is 18.6 Å². The van der Waals surface area contributed by atoms with Gasteiger partial charge in [0.1, 0.15) is 23.9 Å². The van der Waals surface area contributed by atoms with Crippen LogP contribution in [0.2, 0.25) is 0 Å². The Hall–Kier alpha value is -3.62. The molecule has 6 nitrogen and oxygen atoms in total. The van der Waals surface area contributed by atoms with Gasteiger partial charge in [-0.05, 0) is 49.2 Å². The number of aromatic nitrogens is 2. The minimum Gasteiger partial charge on any atom is -0.485 e. The maximum absolute atomic E-state index is 14.0. The van der Waals surface area contributed by atoms with Crippen LogP contribution in [0.3, 0.4) is 0 Å². The van der Waals surface area contributed by atoms with Gasteiger partial charge < -0.3 is 14.9 Å². The first kappa shape index (κ1) is 25.5. The van der Waals surface area contributed by atoms with Crippen molar-refractivity contribution in [2.24, 2.45) is 0 Å². The van der Waals surface area contributed by atoms with Gasteiger partial charge in [-0.15, -0.1) is 0 Å². The first-order valence-electron chi connectivity index (χ1n) is 11.6. The van der Waals surface area contributed by atoms with Crippen LogP contribution < -0.4 is 4.74 Å². The molecule has 2 N–H and O–H groups in total. The van der Waals surface area contributed by atoms with Crippen molar-refractivity contribution in [2.45, 2.75) is 45.3 Å². The number of imidazole rings is 1. The molecule has 0 spiro atoms. The van der Waals surface area contributed by atoms with E-state index in [2.05, 4.69) is 4.98 Å². The minimum atomic E-state index is -0.894. The first-order chi connectivity index (χ1) is 17.1. The highest BCUT2D eigenvalue weighted by atomic mass is 19.1. The van der Waals surface area contributed by atoms with Crippen LogP contribution in [0.5, 0.6) is 5.75 Å². The van der Waals surface area contributed by atoms with E-state index in [9.17, 15) is 23.8 Å². The third kappa shape index (κ3) is 4.87. The van der Waals surface area contributed by atoms with Gasteiger partial charge in [0.25, 0.3) is 0 Å². The van der Waals surface area contributed by atoms with Crippen molar-refractivity contribution in [1.29, 1.82) is 0 Å². The third-order valence-corrected chi connectivity index (χ3v) is 6.45. The summed E-state index contributed by atoms with van der Waals surface area (Å²) in [5, 5.41) is 20.2. The standard InChI is InChI=1S/C28H28F2N2O4/c1-17-26(24(35)14-28(3,16-33)20-8-4-7-19(13-20)18(2)34)32-12-6-11-25(27(32)31-17)36-15-21-22(29)9-5-10-23(21)30/h4-13,18,33-34H,14-16H2,1-3H3/t18-,28?/m1/s1. The smallest absolute Gasteiger partial charge is 0.182 e. The van der Waals surface area contributed by atoms with Gasteiger partial charge in [0.2, 0.25) is 0 Å². The molecule has 0 fully saturated rings. The lowest BCUT2D eigenvalue weighted by Crippen LogP contribution is -2.30. The number of ether oxygens (including phenoxy) is 1. The molecule has 0 radical (unpaired) electrons. The highest BCUT2D eigenvalue weighted by Crippen LogP contribution is 2.32. The molecule has 0 amide bonds. The Balaban J connectivity index is 1.64. The molecule has 0 aliphatic rings. The summed E-state index contributed by atoms with van der Waals surface area (Å²) < 4.78 is 35.3. The average Bonchev–Trinajstić information content (AvgIpc) is 3.20. The molecule has 2 aromatic carbocycles. The summed E-state index contributed by atoms with van der Waals surface area (Å²) >= 11 is 0. The van der Waals surface area contributed by atoms with E-state index in [1.165, 1.54) is 6.07 Å². The van der Waals surface area contributed by atoms with E-state index < -0.39 is 23.2 Å². The quantitative estimate of drug-likeness (QED) is 0.317. The topological polar surface area (TPSA) is 84.1 Å². The highest BCUT2D eigenvalue weighted by molar-refractivity contribution is 5.97. The number of halogens is 2. The molecule has 1 unspecified atom stereocenters. The molecule has 0 saturated heterocycles. The van der Waals surface area contributed by atoms with Crippen molar-refractivity contribution >= 4 is 11.4 Å². The number of rotatable bonds is 9. The summed E-state index contributed by atoms with van der Waals surface area (Å²) in [6.45, 7) is 4.53. The van der Waals surface area contributed by atoms with Crippen molar-refractivity contribution in [3.8, 4) is 5.75 Å². The maximum atomic E-state index is 14.0. The number of carbonyl (C=O) groups excluding carboxylic acids is 1. The molecule has 4 aromatic rings. The lowest BCUT2D eigenvalue weighted by molar-refractivity contribution is 0.0912. The molecule has 2 heterocycles. The Bertz CT molecular complexity index is 1400. The fraction of sp³-hybridized carbons (Fsp3) is 0.286. The largest absolute Gasteiger partial charge is 0.485 e. The average molecular weight is 495 g/mol. The fourth-order valence-electron chi connectivity index (χ4n) is 4.29. The number of fused-ring (bicyclic) bond motifs is 1. The Morgan fingerprint density at radius 1 is 1.14 bits per heavy atom. The van der Waals surface area contributed by atoms with Gasteiger partial charge in [0, 0.05) is 18.0 Å². The second-order valence-corrected chi connectivity index (χ2v) is 9.22. The normalized spacial score (nSPS) is 14.0. The second-order valence-electron chi connectivity index (χ2n) is 9.22. The summed E-state index contributed by atoms with van der Waals surface area (Å²) in [7, 11) is 0. The molecule has 188 valence electrons. The van der Waals surface area contributed by atoms with Crippen molar-refractivity contribution in [1.82, 2.24) is 9.38 Å². The van der Waals surface area contributed by atoms with Gasteiger partial charge in [0.05, 0.1) is 24.0 Å².